The van der Waals surface area contributed by atoms with Gasteiger partial charge in [-0.15, -0.1) is 5.10 Å². The standard InChI is InChI=1S/C10H14N4/c1-7-3-4-9(8(2)5-7)6-13-14-10(11)12/h3-6H,1-2H3,(H4,11,12,14)/b13-6+. The van der Waals surface area contributed by atoms with Crippen molar-refractivity contribution in [2.24, 2.45) is 21.7 Å². The molecule has 0 radical (unpaired) electrons. The van der Waals surface area contributed by atoms with Crippen LogP contribution >= 0.6 is 0 Å². The highest BCUT2D eigenvalue weighted by atomic mass is 15.3. The fraction of sp³-hybridized carbons (Fsp3) is 0.200. The molecule has 0 aliphatic carbocycles. The Balaban J connectivity index is 2.87. The zero-order valence-corrected chi connectivity index (χ0v) is 8.36. The Hall–Kier alpha value is -1.84. The van der Waals surface area contributed by atoms with Crippen LogP contribution in [0.1, 0.15) is 16.7 Å². The van der Waals surface area contributed by atoms with Crippen molar-refractivity contribution < 1.29 is 0 Å². The van der Waals surface area contributed by atoms with Crippen molar-refractivity contribution in [1.29, 1.82) is 0 Å². The first-order chi connectivity index (χ1) is 6.59. The van der Waals surface area contributed by atoms with Crippen LogP contribution in [-0.2, 0) is 0 Å². The van der Waals surface area contributed by atoms with E-state index in [2.05, 4.69) is 16.3 Å². The number of nitrogens with two attached hydrogens (primary N) is 2. The molecule has 0 aliphatic heterocycles. The van der Waals surface area contributed by atoms with Crippen molar-refractivity contribution in [3.05, 3.63) is 34.9 Å². The maximum absolute atomic E-state index is 5.13. The van der Waals surface area contributed by atoms with E-state index in [1.54, 1.807) is 6.21 Å². The minimum Gasteiger partial charge on any atom is -0.369 e. The van der Waals surface area contributed by atoms with Gasteiger partial charge in [0, 0.05) is 0 Å². The molecule has 0 heterocycles. The maximum Gasteiger partial charge on any atom is 0.211 e. The molecule has 4 nitrogen and oxygen atoms in total. The first kappa shape index (κ1) is 10.2. The maximum atomic E-state index is 5.13. The highest BCUT2D eigenvalue weighted by molar-refractivity contribution is 5.83. The third-order valence-electron chi connectivity index (χ3n) is 1.80. The molecule has 0 saturated heterocycles. The van der Waals surface area contributed by atoms with E-state index in [-0.39, 0.29) is 5.96 Å². The van der Waals surface area contributed by atoms with E-state index in [1.165, 1.54) is 5.56 Å². The predicted octanol–water partition coefficient (Wildman–Crippen LogP) is 0.911. The van der Waals surface area contributed by atoms with Gasteiger partial charge in [0.15, 0.2) is 0 Å². The number of aryl methyl sites for hydroxylation is 2. The summed E-state index contributed by atoms with van der Waals surface area (Å²) in [5, 5.41) is 7.27. The molecule has 0 amide bonds. The van der Waals surface area contributed by atoms with Gasteiger partial charge in [-0.05, 0) is 25.0 Å². The Bertz CT molecular complexity index is 376. The second-order valence-corrected chi connectivity index (χ2v) is 3.13. The van der Waals surface area contributed by atoms with Crippen LogP contribution < -0.4 is 11.5 Å². The van der Waals surface area contributed by atoms with Gasteiger partial charge in [-0.2, -0.15) is 5.10 Å². The van der Waals surface area contributed by atoms with E-state index in [1.807, 2.05) is 26.0 Å². The van der Waals surface area contributed by atoms with Gasteiger partial charge in [0.1, 0.15) is 0 Å². The van der Waals surface area contributed by atoms with Crippen molar-refractivity contribution in [3.63, 3.8) is 0 Å². The van der Waals surface area contributed by atoms with Crippen molar-refractivity contribution in [1.82, 2.24) is 0 Å². The predicted molar refractivity (Wildman–Crippen MR) is 59.3 cm³/mol. The molecule has 14 heavy (non-hydrogen) atoms. The van der Waals surface area contributed by atoms with E-state index in [0.717, 1.165) is 11.1 Å². The summed E-state index contributed by atoms with van der Waals surface area (Å²) in [7, 11) is 0. The van der Waals surface area contributed by atoms with Crippen LogP contribution in [-0.4, -0.2) is 12.2 Å². The fourth-order valence-electron chi connectivity index (χ4n) is 1.13. The van der Waals surface area contributed by atoms with Crippen LogP contribution in [0.15, 0.2) is 28.4 Å². The van der Waals surface area contributed by atoms with Gasteiger partial charge in [-0.1, -0.05) is 23.8 Å². The zero-order valence-electron chi connectivity index (χ0n) is 8.36. The largest absolute Gasteiger partial charge is 0.369 e. The van der Waals surface area contributed by atoms with Gasteiger partial charge >= 0.3 is 0 Å². The number of hydrogen-bond donors (Lipinski definition) is 2. The molecule has 74 valence electrons. The molecule has 0 aromatic heterocycles. The van der Waals surface area contributed by atoms with Gasteiger partial charge in [0.2, 0.25) is 5.96 Å². The average Bonchev–Trinajstić information content (AvgIpc) is 2.08. The fourth-order valence-corrected chi connectivity index (χ4v) is 1.13. The van der Waals surface area contributed by atoms with Crippen LogP contribution in [0, 0.1) is 13.8 Å². The Labute approximate surface area is 83.3 Å². The summed E-state index contributed by atoms with van der Waals surface area (Å²) in [6.45, 7) is 4.06. The van der Waals surface area contributed by atoms with E-state index < -0.39 is 0 Å². The molecule has 1 aromatic carbocycles. The third-order valence-corrected chi connectivity index (χ3v) is 1.80. The normalized spacial score (nSPS) is 10.4. The molecule has 0 saturated carbocycles. The van der Waals surface area contributed by atoms with Crippen LogP contribution in [0.4, 0.5) is 0 Å². The second kappa shape index (κ2) is 4.41. The summed E-state index contributed by atoms with van der Waals surface area (Å²) in [5.74, 6) is -0.0361. The van der Waals surface area contributed by atoms with Crippen LogP contribution in [0.5, 0.6) is 0 Å². The molecular formula is C10H14N4. The molecule has 0 aliphatic rings. The van der Waals surface area contributed by atoms with E-state index in [0.29, 0.717) is 0 Å². The first-order valence-corrected chi connectivity index (χ1v) is 4.29. The lowest BCUT2D eigenvalue weighted by molar-refractivity contribution is 1.21. The smallest absolute Gasteiger partial charge is 0.211 e. The summed E-state index contributed by atoms with van der Waals surface area (Å²) in [4.78, 5) is 0. The van der Waals surface area contributed by atoms with Crippen molar-refractivity contribution >= 4 is 12.2 Å². The number of nitrogens with zero attached hydrogens (tertiary/aromatic N) is 2. The molecule has 4 heteroatoms. The molecule has 0 atom stereocenters. The quantitative estimate of drug-likeness (QED) is 0.413. The van der Waals surface area contributed by atoms with Gasteiger partial charge < -0.3 is 11.5 Å². The summed E-state index contributed by atoms with van der Waals surface area (Å²) >= 11 is 0. The van der Waals surface area contributed by atoms with E-state index >= 15 is 0 Å². The average molecular weight is 190 g/mol. The lowest BCUT2D eigenvalue weighted by Crippen LogP contribution is -2.21. The van der Waals surface area contributed by atoms with E-state index in [9.17, 15) is 0 Å². The molecule has 0 fully saturated rings. The molecule has 0 bridgehead atoms. The molecular weight excluding hydrogens is 176 g/mol. The SMILES string of the molecule is Cc1ccc(/C=N/N=C(N)N)c(C)c1. The second-order valence-electron chi connectivity index (χ2n) is 3.13. The minimum atomic E-state index is -0.0361. The van der Waals surface area contributed by atoms with Gasteiger partial charge in [0.05, 0.1) is 6.21 Å². The highest BCUT2D eigenvalue weighted by Crippen LogP contribution is 2.07. The zero-order chi connectivity index (χ0) is 10.6. The summed E-state index contributed by atoms with van der Waals surface area (Å²) in [6.07, 6.45) is 1.63. The monoisotopic (exact) mass is 190 g/mol. The topological polar surface area (TPSA) is 76.8 Å². The molecule has 4 N–H and O–H groups in total. The van der Waals surface area contributed by atoms with Crippen molar-refractivity contribution in [2.45, 2.75) is 13.8 Å². The van der Waals surface area contributed by atoms with Crippen LogP contribution in [0.3, 0.4) is 0 Å². The van der Waals surface area contributed by atoms with Gasteiger partial charge in [-0.25, -0.2) is 0 Å². The third kappa shape index (κ3) is 2.90. The molecule has 0 unspecified atom stereocenters. The van der Waals surface area contributed by atoms with Crippen LogP contribution in [0.2, 0.25) is 0 Å². The van der Waals surface area contributed by atoms with Crippen molar-refractivity contribution in [2.75, 3.05) is 0 Å². The highest BCUT2D eigenvalue weighted by Gasteiger charge is 1.93. The minimum absolute atomic E-state index is 0.0361. The van der Waals surface area contributed by atoms with Gasteiger partial charge in [0.25, 0.3) is 0 Å². The first-order valence-electron chi connectivity index (χ1n) is 4.29. The molecule has 0 spiro atoms. The molecule has 1 rings (SSSR count). The Morgan fingerprint density at radius 2 is 2.00 bits per heavy atom. The number of benzene rings is 1. The van der Waals surface area contributed by atoms with Crippen molar-refractivity contribution in [3.8, 4) is 0 Å². The summed E-state index contributed by atoms with van der Waals surface area (Å²) in [5.41, 5.74) is 13.7. The number of guanidine groups is 1. The lowest BCUT2D eigenvalue weighted by Gasteiger charge is -1.99. The Morgan fingerprint density at radius 3 is 2.57 bits per heavy atom. The van der Waals surface area contributed by atoms with Crippen LogP contribution in [0.25, 0.3) is 0 Å². The Kier molecular flexibility index (Phi) is 3.23. The summed E-state index contributed by atoms with van der Waals surface area (Å²) in [6, 6.07) is 6.08. The lowest BCUT2D eigenvalue weighted by atomic mass is 10.1. The van der Waals surface area contributed by atoms with Gasteiger partial charge in [-0.3, -0.25) is 0 Å². The molecule has 1 aromatic rings. The summed E-state index contributed by atoms with van der Waals surface area (Å²) < 4.78 is 0. The number of rotatable bonds is 2. The van der Waals surface area contributed by atoms with E-state index in [4.69, 9.17) is 11.5 Å². The Morgan fingerprint density at radius 1 is 1.29 bits per heavy atom. The number of hydrogen-bond acceptors (Lipinski definition) is 2.